The Labute approximate surface area is 222 Å². The van der Waals surface area contributed by atoms with E-state index in [1.54, 1.807) is 36.1 Å². The van der Waals surface area contributed by atoms with Gasteiger partial charge < -0.3 is 15.0 Å². The molecule has 2 aromatic carbocycles. The molecule has 0 spiro atoms. The predicted molar refractivity (Wildman–Crippen MR) is 147 cm³/mol. The number of ether oxygens (including phenoxy) is 1. The van der Waals surface area contributed by atoms with Crippen LogP contribution >= 0.6 is 11.3 Å². The summed E-state index contributed by atoms with van der Waals surface area (Å²) in [6.07, 6.45) is 1.50. The standard InChI is InChI=1S/C26H27N3O6S2.2H2/c1-3-35-26(32)21-15-22(17-8-5-4-6-9-17)36-24(21)27-23(30)19-12-13-29(16-19)25(31)18-10-7-11-20(14-18)28-37(2,33)34;;/h4-11,14-15,19,28H,3,12-13,16H2,1-2H3,(H,27,30);2*1H. The van der Waals surface area contributed by atoms with E-state index in [0.29, 0.717) is 34.8 Å². The van der Waals surface area contributed by atoms with Gasteiger partial charge in [-0.05, 0) is 43.2 Å². The third kappa shape index (κ3) is 6.55. The topological polar surface area (TPSA) is 122 Å². The van der Waals surface area contributed by atoms with Crippen molar-refractivity contribution in [3.63, 3.8) is 0 Å². The van der Waals surface area contributed by atoms with E-state index >= 15 is 0 Å². The second-order valence-corrected chi connectivity index (χ2v) is 11.4. The van der Waals surface area contributed by atoms with Crippen LogP contribution in [0.2, 0.25) is 0 Å². The number of amides is 2. The summed E-state index contributed by atoms with van der Waals surface area (Å²) < 4.78 is 30.6. The maximum absolute atomic E-state index is 13.1. The molecule has 1 aliphatic rings. The highest BCUT2D eigenvalue weighted by atomic mass is 32.2. The highest BCUT2D eigenvalue weighted by molar-refractivity contribution is 7.92. The smallest absolute Gasteiger partial charge is 0.341 e. The minimum atomic E-state index is -3.48. The number of likely N-dealkylation sites (tertiary alicyclic amines) is 1. The molecule has 2 heterocycles. The van der Waals surface area contributed by atoms with E-state index < -0.39 is 21.9 Å². The van der Waals surface area contributed by atoms with Gasteiger partial charge >= 0.3 is 5.97 Å². The van der Waals surface area contributed by atoms with Crippen LogP contribution < -0.4 is 10.0 Å². The largest absolute Gasteiger partial charge is 0.462 e. The van der Waals surface area contributed by atoms with Crippen molar-refractivity contribution in [1.29, 1.82) is 0 Å². The Balaban J connectivity index is 0.00000267. The molecule has 0 radical (unpaired) electrons. The number of thiophene rings is 1. The third-order valence-corrected chi connectivity index (χ3v) is 7.49. The van der Waals surface area contributed by atoms with Gasteiger partial charge in [-0.1, -0.05) is 36.4 Å². The lowest BCUT2D eigenvalue weighted by atomic mass is 10.1. The van der Waals surface area contributed by atoms with Crippen molar-refractivity contribution < 1.29 is 30.4 Å². The van der Waals surface area contributed by atoms with Crippen LogP contribution in [0.4, 0.5) is 10.7 Å². The maximum Gasteiger partial charge on any atom is 0.341 e. The molecule has 1 atom stereocenters. The van der Waals surface area contributed by atoms with E-state index in [4.69, 9.17) is 4.74 Å². The molecule has 4 rings (SSSR count). The molecule has 37 heavy (non-hydrogen) atoms. The van der Waals surface area contributed by atoms with Crippen LogP contribution in [0.25, 0.3) is 10.4 Å². The summed E-state index contributed by atoms with van der Waals surface area (Å²) in [5.41, 5.74) is 1.83. The molecule has 1 unspecified atom stereocenters. The van der Waals surface area contributed by atoms with Gasteiger partial charge in [0.1, 0.15) is 5.00 Å². The van der Waals surface area contributed by atoms with E-state index in [1.165, 1.54) is 17.4 Å². The summed E-state index contributed by atoms with van der Waals surface area (Å²) in [7, 11) is -3.48. The zero-order valence-electron chi connectivity index (χ0n) is 20.4. The average molecular weight is 546 g/mol. The zero-order valence-corrected chi connectivity index (χ0v) is 22.0. The van der Waals surface area contributed by atoms with E-state index in [1.807, 2.05) is 30.3 Å². The van der Waals surface area contributed by atoms with E-state index in [2.05, 4.69) is 10.0 Å². The van der Waals surface area contributed by atoms with Crippen molar-refractivity contribution in [1.82, 2.24) is 4.90 Å². The number of carbonyl (C=O) groups is 3. The van der Waals surface area contributed by atoms with Crippen molar-refractivity contribution in [3.8, 4) is 10.4 Å². The Morgan fingerprint density at radius 3 is 2.57 bits per heavy atom. The molecule has 1 saturated heterocycles. The summed E-state index contributed by atoms with van der Waals surface area (Å²) in [6.45, 7) is 2.52. The molecule has 0 aliphatic carbocycles. The van der Waals surface area contributed by atoms with E-state index in [0.717, 1.165) is 16.7 Å². The van der Waals surface area contributed by atoms with Crippen LogP contribution in [-0.2, 0) is 19.6 Å². The number of hydrogen-bond acceptors (Lipinski definition) is 7. The number of esters is 1. The lowest BCUT2D eigenvalue weighted by Gasteiger charge is -2.17. The first-order valence-corrected chi connectivity index (χ1v) is 14.4. The molecule has 0 bridgehead atoms. The van der Waals surface area contributed by atoms with Gasteiger partial charge in [-0.25, -0.2) is 13.2 Å². The first-order valence-electron chi connectivity index (χ1n) is 11.7. The molecule has 11 heteroatoms. The Morgan fingerprint density at radius 2 is 1.86 bits per heavy atom. The summed E-state index contributed by atoms with van der Waals surface area (Å²) in [4.78, 5) is 41.1. The first-order chi connectivity index (χ1) is 17.6. The number of benzene rings is 2. The lowest BCUT2D eigenvalue weighted by Crippen LogP contribution is -2.31. The van der Waals surface area contributed by atoms with Gasteiger partial charge in [-0.15, -0.1) is 11.3 Å². The van der Waals surface area contributed by atoms with Crippen molar-refractivity contribution in [2.75, 3.05) is 36.0 Å². The van der Waals surface area contributed by atoms with Gasteiger partial charge in [-0.3, -0.25) is 14.3 Å². The van der Waals surface area contributed by atoms with Crippen molar-refractivity contribution in [2.45, 2.75) is 13.3 Å². The molecule has 3 aromatic rings. The van der Waals surface area contributed by atoms with Gasteiger partial charge in [0, 0.05) is 32.1 Å². The number of anilines is 2. The van der Waals surface area contributed by atoms with Crippen molar-refractivity contribution in [3.05, 3.63) is 71.8 Å². The van der Waals surface area contributed by atoms with Gasteiger partial charge in [0.05, 0.1) is 24.3 Å². The molecule has 0 saturated carbocycles. The highest BCUT2D eigenvalue weighted by Gasteiger charge is 2.32. The predicted octanol–water partition coefficient (Wildman–Crippen LogP) is 4.56. The van der Waals surface area contributed by atoms with Crippen molar-refractivity contribution >= 4 is 49.8 Å². The number of rotatable bonds is 8. The van der Waals surface area contributed by atoms with Crippen LogP contribution in [0.5, 0.6) is 0 Å². The summed E-state index contributed by atoms with van der Waals surface area (Å²) >= 11 is 1.29. The molecule has 2 N–H and O–H groups in total. The Bertz CT molecular complexity index is 1430. The second-order valence-electron chi connectivity index (χ2n) is 8.62. The van der Waals surface area contributed by atoms with E-state index in [9.17, 15) is 22.8 Å². The fourth-order valence-corrected chi connectivity index (χ4v) is 5.68. The highest BCUT2D eigenvalue weighted by Crippen LogP contribution is 2.36. The summed E-state index contributed by atoms with van der Waals surface area (Å²) in [5, 5.41) is 3.29. The molecule has 1 fully saturated rings. The number of nitrogens with zero attached hydrogens (tertiary/aromatic N) is 1. The Hall–Kier alpha value is -3.70. The fourth-order valence-electron chi connectivity index (χ4n) is 4.07. The molecule has 1 aliphatic heterocycles. The number of nitrogens with one attached hydrogen (secondary N) is 2. The molecular formula is C26H31N3O6S2. The minimum Gasteiger partial charge on any atom is -0.462 e. The zero-order chi connectivity index (χ0) is 26.6. The normalized spacial score (nSPS) is 15.3. The lowest BCUT2D eigenvalue weighted by molar-refractivity contribution is -0.119. The fraction of sp³-hybridized carbons (Fsp3) is 0.269. The summed E-state index contributed by atoms with van der Waals surface area (Å²) in [6, 6.07) is 17.5. The molecular weight excluding hydrogens is 514 g/mol. The summed E-state index contributed by atoms with van der Waals surface area (Å²) in [5.74, 6) is -1.54. The van der Waals surface area contributed by atoms with Crippen LogP contribution in [0.3, 0.4) is 0 Å². The Kier molecular flexibility index (Phi) is 7.94. The Morgan fingerprint density at radius 1 is 1.11 bits per heavy atom. The van der Waals surface area contributed by atoms with Crippen molar-refractivity contribution in [2.24, 2.45) is 5.92 Å². The van der Waals surface area contributed by atoms with Gasteiger partial charge in [0.25, 0.3) is 5.91 Å². The monoisotopic (exact) mass is 545 g/mol. The molecule has 2 amide bonds. The quantitative estimate of drug-likeness (QED) is 0.400. The molecule has 198 valence electrons. The van der Waals surface area contributed by atoms with Gasteiger partial charge in [-0.2, -0.15) is 0 Å². The van der Waals surface area contributed by atoms with Crippen LogP contribution in [0, 0.1) is 5.92 Å². The molecule has 9 nitrogen and oxygen atoms in total. The average Bonchev–Trinajstić information content (AvgIpc) is 3.51. The van der Waals surface area contributed by atoms with Crippen LogP contribution in [0.1, 0.15) is 36.9 Å². The first kappa shape index (κ1) is 26.4. The van der Waals surface area contributed by atoms with E-state index in [-0.39, 0.29) is 27.8 Å². The number of sulfonamides is 1. The van der Waals surface area contributed by atoms with Gasteiger partial charge in [0.15, 0.2) is 0 Å². The second kappa shape index (κ2) is 11.1. The molecule has 1 aromatic heterocycles. The van der Waals surface area contributed by atoms with Crippen LogP contribution in [-0.4, -0.2) is 57.1 Å². The van der Waals surface area contributed by atoms with Gasteiger partial charge in [0.2, 0.25) is 15.9 Å². The maximum atomic E-state index is 13.1. The number of hydrogen-bond donors (Lipinski definition) is 2. The number of carbonyl (C=O) groups excluding carboxylic acids is 3. The third-order valence-electron chi connectivity index (χ3n) is 5.78. The minimum absolute atomic E-state index is 0. The van der Waals surface area contributed by atoms with Crippen LogP contribution in [0.15, 0.2) is 60.7 Å². The SMILES string of the molecule is CCOC(=O)c1cc(-c2ccccc2)sc1NC(=O)C1CCN(C(=O)c2cccc(NS(C)(=O)=O)c2)C1.[HH].[HH].